The number of hydrogen-bond acceptors (Lipinski definition) is 5. The molecule has 2 aromatic carbocycles. The van der Waals surface area contributed by atoms with E-state index in [-0.39, 0.29) is 5.91 Å². The molecule has 5 nitrogen and oxygen atoms in total. The molecule has 0 bridgehead atoms. The van der Waals surface area contributed by atoms with Crippen molar-refractivity contribution in [2.75, 3.05) is 26.2 Å². The third-order valence-corrected chi connectivity index (χ3v) is 6.11. The van der Waals surface area contributed by atoms with Crippen LogP contribution in [0.5, 0.6) is 11.5 Å². The molecule has 2 aliphatic rings. The Kier molecular flexibility index (Phi) is 4.77. The van der Waals surface area contributed by atoms with Gasteiger partial charge in [-0.25, -0.2) is 4.99 Å². The number of aliphatic imine (C=N–C) groups is 1. The lowest BCUT2D eigenvalue weighted by Crippen LogP contribution is -2.37. The van der Waals surface area contributed by atoms with E-state index in [2.05, 4.69) is 11.0 Å². The molecule has 146 valence electrons. The van der Waals surface area contributed by atoms with E-state index in [0.717, 1.165) is 59.5 Å². The highest BCUT2D eigenvalue weighted by atomic mass is 32.1. The van der Waals surface area contributed by atoms with Crippen molar-refractivity contribution in [1.82, 2.24) is 9.80 Å². The van der Waals surface area contributed by atoms with Crippen LogP contribution in [0.15, 0.2) is 71.0 Å². The molecule has 1 amide bonds. The smallest absolute Gasteiger partial charge is 0.263 e. The van der Waals surface area contributed by atoms with Crippen molar-refractivity contribution in [1.29, 1.82) is 0 Å². The highest BCUT2D eigenvalue weighted by Crippen LogP contribution is 2.37. The molecule has 0 atom stereocenters. The Balaban J connectivity index is 1.45. The molecule has 0 unspecified atom stereocenters. The molecule has 1 aromatic heterocycles. The molecule has 29 heavy (non-hydrogen) atoms. The Hall–Kier alpha value is -3.12. The summed E-state index contributed by atoms with van der Waals surface area (Å²) in [7, 11) is 0. The first-order valence-electron chi connectivity index (χ1n) is 9.82. The normalized spacial score (nSPS) is 16.1. The van der Waals surface area contributed by atoms with Crippen LogP contribution in [0.25, 0.3) is 0 Å². The van der Waals surface area contributed by atoms with Gasteiger partial charge < -0.3 is 14.5 Å². The van der Waals surface area contributed by atoms with Crippen LogP contribution in [0.3, 0.4) is 0 Å². The monoisotopic (exact) mass is 403 g/mol. The molecule has 0 spiro atoms. The molecule has 0 radical (unpaired) electrons. The van der Waals surface area contributed by atoms with Gasteiger partial charge in [0.1, 0.15) is 17.3 Å². The summed E-state index contributed by atoms with van der Waals surface area (Å²) in [4.78, 5) is 22.8. The number of amidine groups is 1. The zero-order chi connectivity index (χ0) is 19.6. The number of fused-ring (bicyclic) bond motifs is 2. The highest BCUT2D eigenvalue weighted by molar-refractivity contribution is 7.12. The van der Waals surface area contributed by atoms with Crippen molar-refractivity contribution >= 4 is 28.8 Å². The maximum absolute atomic E-state index is 12.8. The number of carbonyl (C=O) groups is 1. The Labute approximate surface area is 173 Å². The van der Waals surface area contributed by atoms with E-state index < -0.39 is 0 Å². The maximum Gasteiger partial charge on any atom is 0.263 e. The van der Waals surface area contributed by atoms with E-state index in [0.29, 0.717) is 6.54 Å². The van der Waals surface area contributed by atoms with Crippen LogP contribution in [0.1, 0.15) is 21.7 Å². The van der Waals surface area contributed by atoms with Crippen molar-refractivity contribution in [3.8, 4) is 11.5 Å². The van der Waals surface area contributed by atoms with Crippen LogP contribution < -0.4 is 4.74 Å². The molecule has 0 saturated carbocycles. The van der Waals surface area contributed by atoms with Crippen molar-refractivity contribution in [3.05, 3.63) is 76.5 Å². The summed E-state index contributed by atoms with van der Waals surface area (Å²) >= 11 is 1.50. The van der Waals surface area contributed by atoms with Gasteiger partial charge in [-0.05, 0) is 42.1 Å². The first-order valence-corrected chi connectivity index (χ1v) is 10.7. The van der Waals surface area contributed by atoms with E-state index in [1.807, 2.05) is 64.9 Å². The van der Waals surface area contributed by atoms with Gasteiger partial charge in [-0.3, -0.25) is 4.79 Å². The number of nitrogens with zero attached hydrogens (tertiary/aromatic N) is 3. The molecule has 3 aromatic rings. The number of carbonyl (C=O) groups excluding carboxylic acids is 1. The number of hydrogen-bond donors (Lipinski definition) is 0. The van der Waals surface area contributed by atoms with Crippen LogP contribution in [0, 0.1) is 0 Å². The van der Waals surface area contributed by atoms with Gasteiger partial charge in [-0.1, -0.05) is 30.3 Å². The van der Waals surface area contributed by atoms with Crippen LogP contribution >= 0.6 is 11.3 Å². The number of rotatable bonds is 1. The van der Waals surface area contributed by atoms with Crippen molar-refractivity contribution in [3.63, 3.8) is 0 Å². The molecule has 6 heteroatoms. The number of amides is 1. The molecule has 0 N–H and O–H groups in total. The topological polar surface area (TPSA) is 45.1 Å². The standard InChI is InChI=1S/C23H21N3O2S/c27-23(21-11-5-16-29-21)26-13-6-12-25(14-15-26)22-17-7-1-3-9-19(17)28-20-10-4-2-8-18(20)24-22/h1-5,7-11,16H,6,12-15H2. The van der Waals surface area contributed by atoms with Crippen molar-refractivity contribution in [2.45, 2.75) is 6.42 Å². The minimum absolute atomic E-state index is 0.124. The first kappa shape index (κ1) is 17.9. The van der Waals surface area contributed by atoms with Gasteiger partial charge >= 0.3 is 0 Å². The highest BCUT2D eigenvalue weighted by Gasteiger charge is 2.26. The summed E-state index contributed by atoms with van der Waals surface area (Å²) in [6, 6.07) is 19.7. The second-order valence-corrected chi connectivity index (χ2v) is 8.06. The first-order chi connectivity index (χ1) is 14.3. The molecule has 2 aliphatic heterocycles. The summed E-state index contributed by atoms with van der Waals surface area (Å²) in [5, 5.41) is 1.95. The lowest BCUT2D eigenvalue weighted by molar-refractivity contribution is 0.0769. The van der Waals surface area contributed by atoms with E-state index in [1.165, 1.54) is 11.3 Å². The van der Waals surface area contributed by atoms with E-state index in [4.69, 9.17) is 9.73 Å². The zero-order valence-corrected chi connectivity index (χ0v) is 16.8. The van der Waals surface area contributed by atoms with E-state index >= 15 is 0 Å². The third-order valence-electron chi connectivity index (χ3n) is 5.25. The number of thiophene rings is 1. The SMILES string of the molecule is O=C(c1cccs1)N1CCCN(C2=Nc3ccccc3Oc3ccccc32)CC1. The van der Waals surface area contributed by atoms with Gasteiger partial charge in [0.2, 0.25) is 0 Å². The van der Waals surface area contributed by atoms with Gasteiger partial charge in [0.25, 0.3) is 5.91 Å². The molecule has 1 fully saturated rings. The second-order valence-electron chi connectivity index (χ2n) is 7.11. The maximum atomic E-state index is 12.8. The van der Waals surface area contributed by atoms with Gasteiger partial charge in [0.05, 0.1) is 10.4 Å². The fourth-order valence-electron chi connectivity index (χ4n) is 3.80. The fraction of sp³-hybridized carbons (Fsp3) is 0.217. The van der Waals surface area contributed by atoms with Crippen LogP contribution in [0.4, 0.5) is 5.69 Å². The summed E-state index contributed by atoms with van der Waals surface area (Å²) < 4.78 is 6.16. The molecule has 5 rings (SSSR count). The Morgan fingerprint density at radius 3 is 2.59 bits per heavy atom. The van der Waals surface area contributed by atoms with Crippen LogP contribution in [-0.2, 0) is 0 Å². The van der Waals surface area contributed by atoms with Gasteiger partial charge in [0.15, 0.2) is 5.75 Å². The average molecular weight is 404 g/mol. The molecule has 3 heterocycles. The predicted molar refractivity (Wildman–Crippen MR) is 116 cm³/mol. The fourth-order valence-corrected chi connectivity index (χ4v) is 4.49. The predicted octanol–water partition coefficient (Wildman–Crippen LogP) is 4.78. The Morgan fingerprint density at radius 1 is 0.897 bits per heavy atom. The van der Waals surface area contributed by atoms with Crippen LogP contribution in [-0.4, -0.2) is 47.7 Å². The largest absolute Gasteiger partial charge is 0.454 e. The van der Waals surface area contributed by atoms with Gasteiger partial charge in [-0.15, -0.1) is 11.3 Å². The minimum Gasteiger partial charge on any atom is -0.454 e. The molecule has 1 saturated heterocycles. The van der Waals surface area contributed by atoms with Crippen molar-refractivity contribution in [2.24, 2.45) is 4.99 Å². The number of para-hydroxylation sites is 3. The summed E-state index contributed by atoms with van der Waals surface area (Å²) in [6.07, 6.45) is 0.904. The third kappa shape index (κ3) is 3.51. The molecule has 0 aliphatic carbocycles. The second kappa shape index (κ2) is 7.72. The van der Waals surface area contributed by atoms with Crippen molar-refractivity contribution < 1.29 is 9.53 Å². The average Bonchev–Trinajstić information content (AvgIpc) is 3.10. The summed E-state index contributed by atoms with van der Waals surface area (Å²) in [5.74, 6) is 2.61. The lowest BCUT2D eigenvalue weighted by atomic mass is 10.1. The Bertz CT molecular complexity index is 1060. The molecular formula is C23H21N3O2S. The number of benzene rings is 2. The van der Waals surface area contributed by atoms with E-state index in [1.54, 1.807) is 0 Å². The Morgan fingerprint density at radius 2 is 1.72 bits per heavy atom. The summed E-state index contributed by atoms with van der Waals surface area (Å²) in [5.41, 5.74) is 1.82. The molecular weight excluding hydrogens is 382 g/mol. The summed E-state index contributed by atoms with van der Waals surface area (Å²) in [6.45, 7) is 3.03. The number of ether oxygens (including phenoxy) is 1. The van der Waals surface area contributed by atoms with Crippen LogP contribution in [0.2, 0.25) is 0 Å². The quantitative estimate of drug-likeness (QED) is 0.587. The minimum atomic E-state index is 0.124. The van der Waals surface area contributed by atoms with E-state index in [9.17, 15) is 4.79 Å². The van der Waals surface area contributed by atoms with Gasteiger partial charge in [0, 0.05) is 26.2 Å². The lowest BCUT2D eigenvalue weighted by Gasteiger charge is -2.25. The van der Waals surface area contributed by atoms with Gasteiger partial charge in [-0.2, -0.15) is 0 Å². The zero-order valence-electron chi connectivity index (χ0n) is 16.0.